The topological polar surface area (TPSA) is 42.0 Å². The van der Waals surface area contributed by atoms with Gasteiger partial charge in [-0.05, 0) is 31.0 Å². The molecule has 0 aliphatic heterocycles. The number of hydrogen-bond donors (Lipinski definition) is 1. The standard InChI is InChI=1S/C13H13FN2OS/c1-9-8-18-13(15-9)16-12(17)6-5-10-3-2-4-11(14)7-10/h2-4,7-8H,5-6H2,1H3,(H,15,16,17). The zero-order valence-electron chi connectivity index (χ0n) is 9.94. The van der Waals surface area contributed by atoms with E-state index in [9.17, 15) is 9.18 Å². The predicted octanol–water partition coefficient (Wildman–Crippen LogP) is 3.16. The van der Waals surface area contributed by atoms with Crippen LogP contribution in [0, 0.1) is 12.7 Å². The van der Waals surface area contributed by atoms with E-state index in [0.717, 1.165) is 11.3 Å². The lowest BCUT2D eigenvalue weighted by atomic mass is 10.1. The summed E-state index contributed by atoms with van der Waals surface area (Å²) in [5.74, 6) is -0.378. The molecule has 0 unspecified atom stereocenters. The number of rotatable bonds is 4. The van der Waals surface area contributed by atoms with Gasteiger partial charge in [0, 0.05) is 11.8 Å². The maximum atomic E-state index is 12.9. The highest BCUT2D eigenvalue weighted by atomic mass is 32.1. The van der Waals surface area contributed by atoms with Crippen molar-refractivity contribution in [2.75, 3.05) is 5.32 Å². The van der Waals surface area contributed by atoms with Gasteiger partial charge < -0.3 is 5.32 Å². The van der Waals surface area contributed by atoms with Crippen LogP contribution in [0.2, 0.25) is 0 Å². The Morgan fingerprint density at radius 3 is 3.00 bits per heavy atom. The summed E-state index contributed by atoms with van der Waals surface area (Å²) in [4.78, 5) is 15.8. The van der Waals surface area contributed by atoms with Crippen molar-refractivity contribution in [3.63, 3.8) is 0 Å². The van der Waals surface area contributed by atoms with Crippen molar-refractivity contribution in [3.05, 3.63) is 46.7 Å². The molecule has 0 aliphatic carbocycles. The number of amides is 1. The van der Waals surface area contributed by atoms with Gasteiger partial charge in [0.1, 0.15) is 5.82 Å². The Kier molecular flexibility index (Phi) is 4.04. The zero-order chi connectivity index (χ0) is 13.0. The molecule has 94 valence electrons. The minimum absolute atomic E-state index is 0.103. The van der Waals surface area contributed by atoms with Crippen molar-refractivity contribution in [1.82, 2.24) is 4.98 Å². The van der Waals surface area contributed by atoms with Crippen molar-refractivity contribution >= 4 is 22.4 Å². The molecule has 0 saturated carbocycles. The Balaban J connectivity index is 1.85. The molecule has 5 heteroatoms. The summed E-state index contributed by atoms with van der Waals surface area (Å²) in [6.07, 6.45) is 0.843. The second kappa shape index (κ2) is 5.73. The number of aromatic nitrogens is 1. The molecule has 0 fully saturated rings. The van der Waals surface area contributed by atoms with E-state index in [-0.39, 0.29) is 11.7 Å². The molecule has 1 heterocycles. The van der Waals surface area contributed by atoms with E-state index >= 15 is 0 Å². The van der Waals surface area contributed by atoms with Crippen LogP contribution in [0.1, 0.15) is 17.7 Å². The summed E-state index contributed by atoms with van der Waals surface area (Å²) in [5.41, 5.74) is 1.71. The highest BCUT2D eigenvalue weighted by molar-refractivity contribution is 7.13. The number of nitrogens with one attached hydrogen (secondary N) is 1. The summed E-state index contributed by atoms with van der Waals surface area (Å²) in [5, 5.41) is 5.21. The molecular weight excluding hydrogens is 251 g/mol. The Labute approximate surface area is 109 Å². The molecule has 2 aromatic rings. The molecular formula is C13H13FN2OS. The lowest BCUT2D eigenvalue weighted by Gasteiger charge is -2.02. The molecule has 1 amide bonds. The SMILES string of the molecule is Cc1csc(NC(=O)CCc2cccc(F)c2)n1. The zero-order valence-corrected chi connectivity index (χ0v) is 10.8. The number of carbonyl (C=O) groups excluding carboxylic acids is 1. The highest BCUT2D eigenvalue weighted by Crippen LogP contribution is 2.15. The van der Waals surface area contributed by atoms with E-state index in [1.54, 1.807) is 6.07 Å². The van der Waals surface area contributed by atoms with Gasteiger partial charge in [0.05, 0.1) is 5.69 Å². The summed E-state index contributed by atoms with van der Waals surface area (Å²) in [7, 11) is 0. The fourth-order valence-corrected chi connectivity index (χ4v) is 2.25. The number of halogens is 1. The maximum Gasteiger partial charge on any atom is 0.226 e. The molecule has 0 radical (unpaired) electrons. The van der Waals surface area contributed by atoms with E-state index in [0.29, 0.717) is 18.0 Å². The van der Waals surface area contributed by atoms with Gasteiger partial charge in [0.15, 0.2) is 5.13 Å². The highest BCUT2D eigenvalue weighted by Gasteiger charge is 2.06. The number of carbonyl (C=O) groups is 1. The van der Waals surface area contributed by atoms with Crippen LogP contribution < -0.4 is 5.32 Å². The second-order valence-corrected chi connectivity index (χ2v) is 4.83. The van der Waals surface area contributed by atoms with E-state index in [1.165, 1.54) is 23.5 Å². The van der Waals surface area contributed by atoms with Crippen molar-refractivity contribution < 1.29 is 9.18 Å². The van der Waals surface area contributed by atoms with Crippen LogP contribution in [0.15, 0.2) is 29.6 Å². The van der Waals surface area contributed by atoms with Crippen LogP contribution >= 0.6 is 11.3 Å². The molecule has 1 N–H and O–H groups in total. The average molecular weight is 264 g/mol. The van der Waals surface area contributed by atoms with Gasteiger partial charge in [-0.3, -0.25) is 4.79 Å². The first kappa shape index (κ1) is 12.7. The molecule has 0 saturated heterocycles. The number of nitrogens with zero attached hydrogens (tertiary/aromatic N) is 1. The minimum Gasteiger partial charge on any atom is -0.302 e. The molecule has 1 aromatic heterocycles. The smallest absolute Gasteiger partial charge is 0.226 e. The van der Waals surface area contributed by atoms with Crippen LogP contribution in [0.25, 0.3) is 0 Å². The monoisotopic (exact) mass is 264 g/mol. The fraction of sp³-hybridized carbons (Fsp3) is 0.231. The van der Waals surface area contributed by atoms with Gasteiger partial charge in [-0.2, -0.15) is 0 Å². The first-order valence-corrected chi connectivity index (χ1v) is 6.48. The van der Waals surface area contributed by atoms with E-state index in [2.05, 4.69) is 10.3 Å². The molecule has 18 heavy (non-hydrogen) atoms. The average Bonchev–Trinajstić information content (AvgIpc) is 2.72. The Hall–Kier alpha value is -1.75. The van der Waals surface area contributed by atoms with Gasteiger partial charge in [-0.15, -0.1) is 11.3 Å². The Morgan fingerprint density at radius 1 is 1.50 bits per heavy atom. The molecule has 0 atom stereocenters. The largest absolute Gasteiger partial charge is 0.302 e. The first-order valence-electron chi connectivity index (χ1n) is 5.60. The van der Waals surface area contributed by atoms with E-state index < -0.39 is 0 Å². The van der Waals surface area contributed by atoms with Gasteiger partial charge in [-0.25, -0.2) is 9.37 Å². The summed E-state index contributed by atoms with van der Waals surface area (Å²) in [6, 6.07) is 6.29. The van der Waals surface area contributed by atoms with E-state index in [4.69, 9.17) is 0 Å². The third-order valence-electron chi connectivity index (χ3n) is 2.40. The number of aryl methyl sites for hydroxylation is 2. The molecule has 0 aliphatic rings. The second-order valence-electron chi connectivity index (χ2n) is 3.97. The van der Waals surface area contributed by atoms with Crippen LogP contribution in [0.4, 0.5) is 9.52 Å². The molecule has 3 nitrogen and oxygen atoms in total. The predicted molar refractivity (Wildman–Crippen MR) is 70.2 cm³/mol. The van der Waals surface area contributed by atoms with Gasteiger partial charge in [0.25, 0.3) is 0 Å². The molecule has 0 spiro atoms. The van der Waals surface area contributed by atoms with Crippen molar-refractivity contribution in [3.8, 4) is 0 Å². The lowest BCUT2D eigenvalue weighted by molar-refractivity contribution is -0.116. The third kappa shape index (κ3) is 3.63. The van der Waals surface area contributed by atoms with E-state index in [1.807, 2.05) is 18.4 Å². The van der Waals surface area contributed by atoms with Crippen molar-refractivity contribution in [1.29, 1.82) is 0 Å². The number of anilines is 1. The van der Waals surface area contributed by atoms with Crippen LogP contribution in [0.3, 0.4) is 0 Å². The summed E-state index contributed by atoms with van der Waals surface area (Å²) in [6.45, 7) is 1.87. The minimum atomic E-state index is -0.275. The van der Waals surface area contributed by atoms with Gasteiger partial charge in [0.2, 0.25) is 5.91 Å². The van der Waals surface area contributed by atoms with Gasteiger partial charge in [-0.1, -0.05) is 12.1 Å². The lowest BCUT2D eigenvalue weighted by Crippen LogP contribution is -2.12. The molecule has 1 aromatic carbocycles. The van der Waals surface area contributed by atoms with Gasteiger partial charge >= 0.3 is 0 Å². The van der Waals surface area contributed by atoms with Crippen molar-refractivity contribution in [2.45, 2.75) is 19.8 Å². The van der Waals surface area contributed by atoms with Crippen LogP contribution in [-0.2, 0) is 11.2 Å². The number of benzene rings is 1. The summed E-state index contributed by atoms with van der Waals surface area (Å²) >= 11 is 1.40. The fourth-order valence-electron chi connectivity index (χ4n) is 1.54. The Bertz CT molecular complexity index is 553. The first-order chi connectivity index (χ1) is 8.63. The normalized spacial score (nSPS) is 10.3. The Morgan fingerprint density at radius 2 is 2.33 bits per heavy atom. The van der Waals surface area contributed by atoms with Crippen LogP contribution in [-0.4, -0.2) is 10.9 Å². The third-order valence-corrected chi connectivity index (χ3v) is 3.27. The molecule has 0 bridgehead atoms. The molecule has 2 rings (SSSR count). The quantitative estimate of drug-likeness (QED) is 0.921. The summed E-state index contributed by atoms with van der Waals surface area (Å²) < 4.78 is 12.9. The van der Waals surface area contributed by atoms with Crippen molar-refractivity contribution in [2.24, 2.45) is 0 Å². The number of hydrogen-bond acceptors (Lipinski definition) is 3. The number of thiazole rings is 1. The van der Waals surface area contributed by atoms with Crippen LogP contribution in [0.5, 0.6) is 0 Å². The maximum absolute atomic E-state index is 12.9.